The molecule has 1 atom stereocenters. The Kier molecular flexibility index (Phi) is 7.97. The molecule has 30 heavy (non-hydrogen) atoms. The highest BCUT2D eigenvalue weighted by atomic mass is 16.5. The molecule has 0 radical (unpaired) electrons. The van der Waals surface area contributed by atoms with Crippen molar-refractivity contribution in [1.82, 2.24) is 10.6 Å². The molecule has 1 saturated heterocycles. The van der Waals surface area contributed by atoms with E-state index in [9.17, 15) is 0 Å². The Bertz CT molecular complexity index is 828. The van der Waals surface area contributed by atoms with E-state index in [1.807, 2.05) is 0 Å². The molecular weight excluding hydrogens is 376 g/mol. The van der Waals surface area contributed by atoms with Gasteiger partial charge in [-0.15, -0.1) is 0 Å². The summed E-state index contributed by atoms with van der Waals surface area (Å²) < 4.78 is 11.6. The third kappa shape index (κ3) is 6.39. The van der Waals surface area contributed by atoms with Gasteiger partial charge in [-0.05, 0) is 42.7 Å². The van der Waals surface area contributed by atoms with Gasteiger partial charge in [-0.3, -0.25) is 4.99 Å². The van der Waals surface area contributed by atoms with Crippen molar-refractivity contribution < 1.29 is 9.47 Å². The Labute approximate surface area is 180 Å². The van der Waals surface area contributed by atoms with Crippen LogP contribution in [0.15, 0.2) is 47.5 Å². The van der Waals surface area contributed by atoms with Crippen LogP contribution in [0.25, 0.3) is 0 Å². The summed E-state index contributed by atoms with van der Waals surface area (Å²) >= 11 is 0. The number of ether oxygens (including phenoxy) is 2. The van der Waals surface area contributed by atoms with E-state index in [1.54, 1.807) is 7.05 Å². The summed E-state index contributed by atoms with van der Waals surface area (Å²) in [5.74, 6) is 1.71. The Hall–Kier alpha value is -2.73. The van der Waals surface area contributed by atoms with E-state index in [0.717, 1.165) is 43.3 Å². The number of nitrogens with zero attached hydrogens (tertiary/aromatic N) is 2. The zero-order valence-corrected chi connectivity index (χ0v) is 18.6. The van der Waals surface area contributed by atoms with Crippen LogP contribution in [0.1, 0.15) is 23.1 Å². The maximum atomic E-state index is 6.19. The quantitative estimate of drug-likeness (QED) is 0.517. The first kappa shape index (κ1) is 22.0. The Morgan fingerprint density at radius 3 is 2.63 bits per heavy atom. The van der Waals surface area contributed by atoms with Gasteiger partial charge in [0.1, 0.15) is 11.9 Å². The molecule has 6 heteroatoms. The first-order valence-electron chi connectivity index (χ1n) is 10.6. The normalized spacial score (nSPS) is 16.4. The number of anilines is 1. The molecule has 1 heterocycles. The molecular formula is C24H34N4O2. The molecule has 0 aliphatic carbocycles. The van der Waals surface area contributed by atoms with Gasteiger partial charge in [-0.2, -0.15) is 0 Å². The smallest absolute Gasteiger partial charge is 0.191 e. The first-order chi connectivity index (χ1) is 14.5. The summed E-state index contributed by atoms with van der Waals surface area (Å²) in [5.41, 5.74) is 4.83. The van der Waals surface area contributed by atoms with Crippen molar-refractivity contribution in [2.75, 3.05) is 45.8 Å². The number of nitrogens with one attached hydrogen (secondary N) is 2. The number of benzene rings is 2. The van der Waals surface area contributed by atoms with Crippen molar-refractivity contribution in [2.45, 2.75) is 32.4 Å². The molecule has 2 aromatic carbocycles. The summed E-state index contributed by atoms with van der Waals surface area (Å²) in [5, 5.41) is 6.80. The van der Waals surface area contributed by atoms with Crippen LogP contribution >= 0.6 is 0 Å². The van der Waals surface area contributed by atoms with Gasteiger partial charge < -0.3 is 25.0 Å². The highest BCUT2D eigenvalue weighted by Crippen LogP contribution is 2.23. The van der Waals surface area contributed by atoms with Gasteiger partial charge >= 0.3 is 0 Å². The SMILES string of the molecule is CN=C(NCCc1ccc(N(C)C)cc1)NCc1ccc(C)cc1OC1CCOC1. The van der Waals surface area contributed by atoms with E-state index < -0.39 is 0 Å². The zero-order chi connectivity index (χ0) is 21.3. The predicted molar refractivity (Wildman–Crippen MR) is 124 cm³/mol. The van der Waals surface area contributed by atoms with Crippen LogP contribution < -0.4 is 20.3 Å². The minimum atomic E-state index is 0.141. The molecule has 1 fully saturated rings. The van der Waals surface area contributed by atoms with Crippen molar-refractivity contribution in [3.8, 4) is 5.75 Å². The second-order valence-corrected chi connectivity index (χ2v) is 7.88. The van der Waals surface area contributed by atoms with E-state index in [2.05, 4.69) is 84.0 Å². The zero-order valence-electron chi connectivity index (χ0n) is 18.6. The summed E-state index contributed by atoms with van der Waals surface area (Å²) in [7, 11) is 5.90. The van der Waals surface area contributed by atoms with E-state index in [1.165, 1.54) is 16.8 Å². The minimum absolute atomic E-state index is 0.141. The van der Waals surface area contributed by atoms with Crippen LogP contribution in [-0.2, 0) is 17.7 Å². The number of aryl methyl sites for hydroxylation is 1. The van der Waals surface area contributed by atoms with Crippen molar-refractivity contribution in [3.63, 3.8) is 0 Å². The molecule has 0 saturated carbocycles. The van der Waals surface area contributed by atoms with Crippen molar-refractivity contribution in [3.05, 3.63) is 59.2 Å². The molecule has 6 nitrogen and oxygen atoms in total. The van der Waals surface area contributed by atoms with Gasteiger partial charge in [-0.1, -0.05) is 24.3 Å². The average molecular weight is 411 g/mol. The number of hydrogen-bond acceptors (Lipinski definition) is 4. The Morgan fingerprint density at radius 1 is 1.17 bits per heavy atom. The fraction of sp³-hybridized carbons (Fsp3) is 0.458. The minimum Gasteiger partial charge on any atom is -0.488 e. The van der Waals surface area contributed by atoms with Crippen LogP contribution in [-0.4, -0.2) is 53.0 Å². The standard InChI is InChI=1S/C24H34N4O2/c1-18-5-8-20(23(15-18)30-22-12-14-29-17-22)16-27-24(25-2)26-13-11-19-6-9-21(10-7-19)28(3)4/h5-10,15,22H,11-14,16-17H2,1-4H3,(H2,25,26,27). The number of aliphatic imine (C=N–C) groups is 1. The van der Waals surface area contributed by atoms with Gasteiger partial charge in [0.2, 0.25) is 0 Å². The van der Waals surface area contributed by atoms with Gasteiger partial charge in [0.05, 0.1) is 13.2 Å². The molecule has 2 N–H and O–H groups in total. The molecule has 3 rings (SSSR count). The van der Waals surface area contributed by atoms with E-state index in [0.29, 0.717) is 13.2 Å². The number of hydrogen-bond donors (Lipinski definition) is 2. The molecule has 0 spiro atoms. The lowest BCUT2D eigenvalue weighted by atomic mass is 10.1. The highest BCUT2D eigenvalue weighted by Gasteiger charge is 2.18. The summed E-state index contributed by atoms with van der Waals surface area (Å²) in [6.07, 6.45) is 2.02. The van der Waals surface area contributed by atoms with Gasteiger partial charge in [0.25, 0.3) is 0 Å². The molecule has 0 amide bonds. The highest BCUT2D eigenvalue weighted by molar-refractivity contribution is 5.79. The maximum Gasteiger partial charge on any atom is 0.191 e. The van der Waals surface area contributed by atoms with Crippen LogP contribution in [0.4, 0.5) is 5.69 Å². The second-order valence-electron chi connectivity index (χ2n) is 7.88. The molecule has 0 bridgehead atoms. The van der Waals surface area contributed by atoms with Crippen molar-refractivity contribution in [2.24, 2.45) is 4.99 Å². The maximum absolute atomic E-state index is 6.19. The summed E-state index contributed by atoms with van der Waals surface area (Å²) in [6, 6.07) is 15.0. The van der Waals surface area contributed by atoms with Crippen LogP contribution in [0.5, 0.6) is 5.75 Å². The van der Waals surface area contributed by atoms with Crippen LogP contribution in [0, 0.1) is 6.92 Å². The van der Waals surface area contributed by atoms with Gasteiger partial charge in [0, 0.05) is 51.9 Å². The van der Waals surface area contributed by atoms with Gasteiger partial charge in [-0.25, -0.2) is 0 Å². The topological polar surface area (TPSA) is 58.1 Å². The monoisotopic (exact) mass is 410 g/mol. The van der Waals surface area contributed by atoms with E-state index in [-0.39, 0.29) is 6.10 Å². The third-order valence-electron chi connectivity index (χ3n) is 5.23. The van der Waals surface area contributed by atoms with E-state index in [4.69, 9.17) is 9.47 Å². The van der Waals surface area contributed by atoms with Crippen molar-refractivity contribution >= 4 is 11.6 Å². The van der Waals surface area contributed by atoms with Gasteiger partial charge in [0.15, 0.2) is 5.96 Å². The van der Waals surface area contributed by atoms with Crippen LogP contribution in [0.3, 0.4) is 0 Å². The lowest BCUT2D eigenvalue weighted by molar-refractivity contribution is 0.140. The largest absolute Gasteiger partial charge is 0.488 e. The average Bonchev–Trinajstić information content (AvgIpc) is 3.25. The Morgan fingerprint density at radius 2 is 1.97 bits per heavy atom. The second kappa shape index (κ2) is 10.9. The molecule has 1 aliphatic heterocycles. The molecule has 1 aliphatic rings. The van der Waals surface area contributed by atoms with Crippen LogP contribution in [0.2, 0.25) is 0 Å². The first-order valence-corrected chi connectivity index (χ1v) is 10.6. The molecule has 0 aromatic heterocycles. The molecule has 2 aromatic rings. The molecule has 162 valence electrons. The number of rotatable bonds is 8. The van der Waals surface area contributed by atoms with Crippen molar-refractivity contribution in [1.29, 1.82) is 0 Å². The Balaban J connectivity index is 1.50. The van der Waals surface area contributed by atoms with E-state index >= 15 is 0 Å². The third-order valence-corrected chi connectivity index (χ3v) is 5.23. The lowest BCUT2D eigenvalue weighted by Gasteiger charge is -2.18. The predicted octanol–water partition coefficient (Wildman–Crippen LogP) is 3.14. The molecule has 1 unspecified atom stereocenters. The fourth-order valence-electron chi connectivity index (χ4n) is 3.39. The lowest BCUT2D eigenvalue weighted by Crippen LogP contribution is -2.38. The summed E-state index contributed by atoms with van der Waals surface area (Å²) in [6.45, 7) is 5.00. The fourth-order valence-corrected chi connectivity index (χ4v) is 3.39. The number of guanidine groups is 1. The summed E-state index contributed by atoms with van der Waals surface area (Å²) in [4.78, 5) is 6.46.